The van der Waals surface area contributed by atoms with Crippen molar-refractivity contribution in [2.24, 2.45) is 0 Å². The van der Waals surface area contributed by atoms with E-state index in [0.29, 0.717) is 12.6 Å². The van der Waals surface area contributed by atoms with Gasteiger partial charge in [0.25, 0.3) is 5.91 Å². The highest BCUT2D eigenvalue weighted by Crippen LogP contribution is 2.32. The molecule has 0 unspecified atom stereocenters. The van der Waals surface area contributed by atoms with Gasteiger partial charge < -0.3 is 4.90 Å². The second-order valence-corrected chi connectivity index (χ2v) is 8.82. The summed E-state index contributed by atoms with van der Waals surface area (Å²) in [6.45, 7) is 11.1. The molecule has 0 N–H and O–H groups in total. The molecule has 5 heteroatoms. The molecule has 0 bridgehead atoms. The molecule has 0 atom stereocenters. The molecular weight excluding hydrogens is 360 g/mol. The number of hydrogen-bond donors (Lipinski definition) is 0. The van der Waals surface area contributed by atoms with Crippen molar-refractivity contribution in [1.82, 2.24) is 19.7 Å². The lowest BCUT2D eigenvalue weighted by Crippen LogP contribution is -2.33. The molecule has 152 valence electrons. The first-order valence-corrected chi connectivity index (χ1v) is 10.6. The Morgan fingerprint density at radius 1 is 1.17 bits per heavy atom. The fraction of sp³-hybridized carbons (Fsp3) is 0.458. The summed E-state index contributed by atoms with van der Waals surface area (Å²) in [5.41, 5.74) is 4.87. The SMILES string of the molecule is Cc1ccc(CN(C(=O)c2cc(C(C)C)nc3c2cnn3C(C)C)C2CC2)cc1. The van der Waals surface area contributed by atoms with Gasteiger partial charge in [-0.2, -0.15) is 5.10 Å². The standard InChI is InChI=1S/C24H30N4O/c1-15(2)22-12-20(21-13-25-28(16(3)4)23(21)26-22)24(29)27(19-10-11-19)14-18-8-6-17(5)7-9-18/h6-9,12-13,15-16,19H,10-11,14H2,1-5H3. The molecule has 2 aromatic heterocycles. The smallest absolute Gasteiger partial charge is 0.255 e. The number of rotatable bonds is 6. The van der Waals surface area contributed by atoms with Crippen LogP contribution in [-0.2, 0) is 6.54 Å². The molecule has 1 aliphatic rings. The monoisotopic (exact) mass is 390 g/mol. The first-order valence-electron chi connectivity index (χ1n) is 10.6. The molecule has 0 radical (unpaired) electrons. The molecule has 1 aliphatic carbocycles. The van der Waals surface area contributed by atoms with Gasteiger partial charge in [-0.15, -0.1) is 0 Å². The van der Waals surface area contributed by atoms with E-state index >= 15 is 0 Å². The lowest BCUT2D eigenvalue weighted by molar-refractivity contribution is 0.0731. The van der Waals surface area contributed by atoms with Gasteiger partial charge >= 0.3 is 0 Å². The predicted octanol–water partition coefficient (Wildman–Crippen LogP) is 5.25. The van der Waals surface area contributed by atoms with Crippen molar-refractivity contribution in [1.29, 1.82) is 0 Å². The first-order chi connectivity index (χ1) is 13.8. The minimum absolute atomic E-state index is 0.0886. The largest absolute Gasteiger partial charge is 0.331 e. The van der Waals surface area contributed by atoms with Crippen molar-refractivity contribution >= 4 is 16.9 Å². The number of pyridine rings is 1. The summed E-state index contributed by atoms with van der Waals surface area (Å²) in [4.78, 5) is 20.6. The lowest BCUT2D eigenvalue weighted by Gasteiger charge is -2.24. The van der Waals surface area contributed by atoms with Crippen molar-refractivity contribution in [3.8, 4) is 0 Å². The maximum atomic E-state index is 13.7. The zero-order valence-corrected chi connectivity index (χ0v) is 18.0. The van der Waals surface area contributed by atoms with Crippen LogP contribution < -0.4 is 0 Å². The second-order valence-electron chi connectivity index (χ2n) is 8.82. The van der Waals surface area contributed by atoms with Gasteiger partial charge in [-0.3, -0.25) is 4.79 Å². The third-order valence-corrected chi connectivity index (χ3v) is 5.62. The average Bonchev–Trinajstić information content (AvgIpc) is 3.43. The third-order valence-electron chi connectivity index (χ3n) is 5.62. The second kappa shape index (κ2) is 7.62. The number of aryl methyl sites for hydroxylation is 1. The van der Waals surface area contributed by atoms with Gasteiger partial charge in [0, 0.05) is 24.3 Å². The molecule has 1 fully saturated rings. The van der Waals surface area contributed by atoms with Crippen LogP contribution in [0.3, 0.4) is 0 Å². The molecule has 0 aliphatic heterocycles. The van der Waals surface area contributed by atoms with E-state index in [1.165, 1.54) is 11.1 Å². The normalized spacial score (nSPS) is 14.2. The zero-order chi connectivity index (χ0) is 20.7. The van der Waals surface area contributed by atoms with Crippen molar-refractivity contribution in [2.75, 3.05) is 0 Å². The topological polar surface area (TPSA) is 51.0 Å². The molecule has 0 saturated heterocycles. The fourth-order valence-electron chi connectivity index (χ4n) is 3.69. The lowest BCUT2D eigenvalue weighted by atomic mass is 10.0. The molecule has 0 spiro atoms. The highest BCUT2D eigenvalue weighted by molar-refractivity contribution is 6.05. The number of amides is 1. The van der Waals surface area contributed by atoms with Crippen LogP contribution in [0.2, 0.25) is 0 Å². The van der Waals surface area contributed by atoms with Gasteiger partial charge in [-0.05, 0) is 51.2 Å². The van der Waals surface area contributed by atoms with Crippen LogP contribution in [0.5, 0.6) is 0 Å². The summed E-state index contributed by atoms with van der Waals surface area (Å²) in [6, 6.07) is 11.0. The van der Waals surface area contributed by atoms with Crippen molar-refractivity contribution in [3.05, 3.63) is 58.9 Å². The molecule has 3 aromatic rings. The third kappa shape index (κ3) is 3.91. The van der Waals surface area contributed by atoms with Crippen molar-refractivity contribution < 1.29 is 4.79 Å². The predicted molar refractivity (Wildman–Crippen MR) is 116 cm³/mol. The fourth-order valence-corrected chi connectivity index (χ4v) is 3.69. The highest BCUT2D eigenvalue weighted by atomic mass is 16.2. The van der Waals surface area contributed by atoms with Crippen LogP contribution in [0.15, 0.2) is 36.5 Å². The molecule has 1 saturated carbocycles. The number of aromatic nitrogens is 3. The van der Waals surface area contributed by atoms with Crippen LogP contribution in [0.25, 0.3) is 11.0 Å². The Labute approximate surface area is 172 Å². The van der Waals surface area contributed by atoms with Gasteiger partial charge in [-0.1, -0.05) is 43.7 Å². The quantitative estimate of drug-likeness (QED) is 0.578. The molecule has 5 nitrogen and oxygen atoms in total. The maximum absolute atomic E-state index is 13.7. The van der Waals surface area contributed by atoms with Crippen molar-refractivity contribution in [3.63, 3.8) is 0 Å². The summed E-state index contributed by atoms with van der Waals surface area (Å²) < 4.78 is 1.92. The first kappa shape index (κ1) is 19.6. The van der Waals surface area contributed by atoms with E-state index in [0.717, 1.165) is 35.1 Å². The van der Waals surface area contributed by atoms with Gasteiger partial charge in [-0.25, -0.2) is 9.67 Å². The Balaban J connectivity index is 1.76. The number of nitrogens with zero attached hydrogens (tertiary/aromatic N) is 4. The molecular formula is C24H30N4O. The Kier molecular flexibility index (Phi) is 5.15. The number of hydrogen-bond acceptors (Lipinski definition) is 3. The van der Waals surface area contributed by atoms with Gasteiger partial charge in [0.15, 0.2) is 5.65 Å². The number of fused-ring (bicyclic) bond motifs is 1. The van der Waals surface area contributed by atoms with Crippen LogP contribution in [0.4, 0.5) is 0 Å². The molecule has 1 aromatic carbocycles. The Morgan fingerprint density at radius 3 is 2.45 bits per heavy atom. The number of benzene rings is 1. The molecule has 1 amide bonds. The summed E-state index contributed by atoms with van der Waals surface area (Å²) in [6.07, 6.45) is 3.96. The Bertz CT molecular complexity index is 1030. The van der Waals surface area contributed by atoms with Crippen LogP contribution >= 0.6 is 0 Å². The highest BCUT2D eigenvalue weighted by Gasteiger charge is 2.34. The van der Waals surface area contributed by atoms with E-state index in [9.17, 15) is 4.79 Å². The summed E-state index contributed by atoms with van der Waals surface area (Å²) >= 11 is 0. The summed E-state index contributed by atoms with van der Waals surface area (Å²) in [5, 5.41) is 5.38. The van der Waals surface area contributed by atoms with E-state index in [-0.39, 0.29) is 17.9 Å². The average molecular weight is 391 g/mol. The van der Waals surface area contributed by atoms with Gasteiger partial charge in [0.1, 0.15) is 0 Å². The van der Waals surface area contributed by atoms with Crippen molar-refractivity contribution in [2.45, 2.75) is 72.0 Å². The van der Waals surface area contributed by atoms with E-state index in [2.05, 4.69) is 64.0 Å². The Morgan fingerprint density at radius 2 is 1.86 bits per heavy atom. The van der Waals surface area contributed by atoms with E-state index < -0.39 is 0 Å². The minimum Gasteiger partial charge on any atom is -0.331 e. The zero-order valence-electron chi connectivity index (χ0n) is 18.0. The summed E-state index contributed by atoms with van der Waals surface area (Å²) in [7, 11) is 0. The van der Waals surface area contributed by atoms with E-state index in [1.54, 1.807) is 6.20 Å². The molecule has 29 heavy (non-hydrogen) atoms. The van der Waals surface area contributed by atoms with Crippen LogP contribution in [0.1, 0.15) is 79.7 Å². The molecule has 2 heterocycles. The van der Waals surface area contributed by atoms with Gasteiger partial charge in [0.05, 0.1) is 17.1 Å². The minimum atomic E-state index is 0.0886. The molecule has 4 rings (SSSR count). The Hall–Kier alpha value is -2.69. The van der Waals surface area contributed by atoms with E-state index in [4.69, 9.17) is 4.98 Å². The van der Waals surface area contributed by atoms with E-state index in [1.807, 2.05) is 15.6 Å². The summed E-state index contributed by atoms with van der Waals surface area (Å²) in [5.74, 6) is 0.332. The number of carbonyl (C=O) groups excluding carboxylic acids is 1. The maximum Gasteiger partial charge on any atom is 0.255 e. The van der Waals surface area contributed by atoms with Gasteiger partial charge in [0.2, 0.25) is 0 Å². The van der Waals surface area contributed by atoms with Crippen LogP contribution in [-0.4, -0.2) is 31.6 Å². The van der Waals surface area contributed by atoms with Crippen LogP contribution in [0, 0.1) is 6.92 Å². The number of carbonyl (C=O) groups is 1.